The Kier molecular flexibility index (Phi) is 3.92. The number of carbonyl (C=O) groups is 1. The van der Waals surface area contributed by atoms with E-state index in [0.717, 1.165) is 45.4 Å². The second kappa shape index (κ2) is 5.83. The number of hydrogen-bond acceptors (Lipinski definition) is 3. The van der Waals surface area contributed by atoms with Crippen LogP contribution < -0.4 is 10.6 Å². The molecule has 2 aliphatic heterocycles. The highest BCUT2D eigenvalue weighted by molar-refractivity contribution is 5.77. The summed E-state index contributed by atoms with van der Waals surface area (Å²) in [6.45, 7) is 3.53. The van der Waals surface area contributed by atoms with Crippen molar-refractivity contribution in [1.82, 2.24) is 4.90 Å². The normalized spacial score (nSPS) is 19.2. The van der Waals surface area contributed by atoms with Gasteiger partial charge >= 0.3 is 0 Å². The third-order valence-corrected chi connectivity index (χ3v) is 4.47. The predicted molar refractivity (Wildman–Crippen MR) is 80.8 cm³/mol. The molecule has 3 rings (SSSR count). The number of likely N-dealkylation sites (tertiary alicyclic amines) is 1. The Morgan fingerprint density at radius 3 is 2.75 bits per heavy atom. The number of piperidine rings is 1. The molecule has 0 saturated carbocycles. The molecule has 0 aliphatic carbocycles. The van der Waals surface area contributed by atoms with Gasteiger partial charge in [0.05, 0.1) is 0 Å². The van der Waals surface area contributed by atoms with Crippen molar-refractivity contribution in [3.8, 4) is 0 Å². The van der Waals surface area contributed by atoms with Gasteiger partial charge in [-0.2, -0.15) is 0 Å². The molecule has 2 aliphatic rings. The molecule has 0 bridgehead atoms. The molecule has 108 valence electrons. The van der Waals surface area contributed by atoms with Crippen molar-refractivity contribution in [2.45, 2.75) is 31.7 Å². The molecule has 1 amide bonds. The lowest BCUT2D eigenvalue weighted by Gasteiger charge is -2.31. The fourth-order valence-electron chi connectivity index (χ4n) is 3.18. The molecule has 4 nitrogen and oxygen atoms in total. The highest BCUT2D eigenvalue weighted by Crippen LogP contribution is 2.27. The van der Waals surface area contributed by atoms with Crippen molar-refractivity contribution in [1.29, 1.82) is 0 Å². The number of nitrogens with zero attached hydrogens (tertiary/aromatic N) is 2. The fourth-order valence-corrected chi connectivity index (χ4v) is 3.18. The number of benzene rings is 1. The van der Waals surface area contributed by atoms with E-state index in [0.29, 0.717) is 6.42 Å². The van der Waals surface area contributed by atoms with Gasteiger partial charge < -0.3 is 15.5 Å². The Hall–Kier alpha value is -1.55. The first-order chi connectivity index (χ1) is 9.74. The number of hydrogen-bond donors (Lipinski definition) is 1. The van der Waals surface area contributed by atoms with Gasteiger partial charge in [0.1, 0.15) is 0 Å². The van der Waals surface area contributed by atoms with Crippen LogP contribution in [0, 0.1) is 0 Å². The third-order valence-electron chi connectivity index (χ3n) is 4.47. The number of amides is 1. The smallest absolute Gasteiger partial charge is 0.224 e. The van der Waals surface area contributed by atoms with Crippen LogP contribution in [0.15, 0.2) is 24.3 Å². The molecule has 0 atom stereocenters. The lowest BCUT2D eigenvalue weighted by atomic mass is 10.1. The van der Waals surface area contributed by atoms with E-state index in [4.69, 9.17) is 5.73 Å². The predicted octanol–water partition coefficient (Wildman–Crippen LogP) is 1.39. The van der Waals surface area contributed by atoms with Crippen molar-refractivity contribution in [2.24, 2.45) is 5.73 Å². The number of carbonyl (C=O) groups excluding carboxylic acids is 1. The quantitative estimate of drug-likeness (QED) is 0.905. The van der Waals surface area contributed by atoms with Crippen molar-refractivity contribution in [2.75, 3.05) is 31.1 Å². The van der Waals surface area contributed by atoms with Crippen LogP contribution in [0.1, 0.15) is 24.8 Å². The van der Waals surface area contributed by atoms with Gasteiger partial charge in [0, 0.05) is 44.3 Å². The first-order valence-corrected chi connectivity index (χ1v) is 7.60. The van der Waals surface area contributed by atoms with Gasteiger partial charge in [-0.15, -0.1) is 0 Å². The highest BCUT2D eigenvalue weighted by atomic mass is 16.2. The molecule has 0 unspecified atom stereocenters. The molecule has 0 spiro atoms. The molecule has 0 aromatic heterocycles. The van der Waals surface area contributed by atoms with Crippen LogP contribution in [0.5, 0.6) is 0 Å². The van der Waals surface area contributed by atoms with E-state index in [9.17, 15) is 4.79 Å². The summed E-state index contributed by atoms with van der Waals surface area (Å²) in [6, 6.07) is 8.79. The van der Waals surface area contributed by atoms with Crippen molar-refractivity contribution >= 4 is 11.6 Å². The second-order valence-corrected chi connectivity index (χ2v) is 5.83. The molecule has 2 N–H and O–H groups in total. The average Bonchev–Trinajstić information content (AvgIpc) is 2.89. The molecule has 1 saturated heterocycles. The Morgan fingerprint density at radius 1 is 1.20 bits per heavy atom. The first-order valence-electron chi connectivity index (χ1n) is 7.60. The molecule has 1 aromatic rings. The highest BCUT2D eigenvalue weighted by Gasteiger charge is 2.23. The average molecular weight is 273 g/mol. The number of fused-ring (bicyclic) bond motifs is 1. The minimum absolute atomic E-state index is 0.279. The molecular weight excluding hydrogens is 250 g/mol. The maximum absolute atomic E-state index is 12.2. The van der Waals surface area contributed by atoms with Crippen molar-refractivity contribution in [3.05, 3.63) is 29.8 Å². The molecule has 0 radical (unpaired) electrons. The number of anilines is 1. The monoisotopic (exact) mass is 273 g/mol. The maximum Gasteiger partial charge on any atom is 0.224 e. The lowest BCUT2D eigenvalue weighted by molar-refractivity contribution is -0.132. The van der Waals surface area contributed by atoms with Crippen LogP contribution in [0.25, 0.3) is 0 Å². The van der Waals surface area contributed by atoms with Crippen LogP contribution in [-0.4, -0.2) is 43.0 Å². The SMILES string of the molecule is NC1CCN(C(=O)CCN2CCc3ccccc32)CC1. The van der Waals surface area contributed by atoms with Crippen LogP contribution >= 0.6 is 0 Å². The molecule has 2 heterocycles. The van der Waals surface area contributed by atoms with Crippen LogP contribution in [-0.2, 0) is 11.2 Å². The fraction of sp³-hybridized carbons (Fsp3) is 0.562. The standard InChI is InChI=1S/C16H23N3O/c17-14-6-10-19(11-7-14)16(20)8-12-18-9-5-13-3-1-2-4-15(13)18/h1-4,14H,5-12,17H2. The zero-order valence-electron chi connectivity index (χ0n) is 11.9. The van der Waals surface area contributed by atoms with Gasteiger partial charge in [0.2, 0.25) is 5.91 Å². The molecular formula is C16H23N3O. The summed E-state index contributed by atoms with van der Waals surface area (Å²) >= 11 is 0. The van der Waals surface area contributed by atoms with Crippen molar-refractivity contribution < 1.29 is 4.79 Å². The van der Waals surface area contributed by atoms with Gasteiger partial charge in [-0.05, 0) is 30.9 Å². The summed E-state index contributed by atoms with van der Waals surface area (Å²) in [6.07, 6.45) is 3.60. The molecule has 1 fully saturated rings. The van der Waals surface area contributed by atoms with Gasteiger partial charge in [0.25, 0.3) is 0 Å². The van der Waals surface area contributed by atoms with E-state index in [1.807, 2.05) is 4.90 Å². The largest absolute Gasteiger partial charge is 0.370 e. The number of nitrogens with two attached hydrogens (primary N) is 1. The van der Waals surface area contributed by atoms with E-state index >= 15 is 0 Å². The van der Waals surface area contributed by atoms with E-state index in [-0.39, 0.29) is 11.9 Å². The number of para-hydroxylation sites is 1. The molecule has 20 heavy (non-hydrogen) atoms. The summed E-state index contributed by atoms with van der Waals surface area (Å²) in [7, 11) is 0. The topological polar surface area (TPSA) is 49.6 Å². The Balaban J connectivity index is 1.52. The minimum Gasteiger partial charge on any atom is -0.370 e. The van der Waals surface area contributed by atoms with Gasteiger partial charge in [-0.25, -0.2) is 0 Å². The molecule has 4 heteroatoms. The zero-order chi connectivity index (χ0) is 13.9. The Bertz CT molecular complexity index is 480. The number of rotatable bonds is 3. The maximum atomic E-state index is 12.2. The molecule has 1 aromatic carbocycles. The van der Waals surface area contributed by atoms with Gasteiger partial charge in [0.15, 0.2) is 0 Å². The lowest BCUT2D eigenvalue weighted by Crippen LogP contribution is -2.43. The van der Waals surface area contributed by atoms with Gasteiger partial charge in [-0.3, -0.25) is 4.79 Å². The minimum atomic E-state index is 0.279. The van der Waals surface area contributed by atoms with E-state index in [1.54, 1.807) is 0 Å². The van der Waals surface area contributed by atoms with E-state index in [2.05, 4.69) is 29.2 Å². The summed E-state index contributed by atoms with van der Waals surface area (Å²) in [5.74, 6) is 0.279. The van der Waals surface area contributed by atoms with Crippen LogP contribution in [0.4, 0.5) is 5.69 Å². The van der Waals surface area contributed by atoms with E-state index in [1.165, 1.54) is 11.3 Å². The summed E-state index contributed by atoms with van der Waals surface area (Å²) in [4.78, 5) is 16.5. The van der Waals surface area contributed by atoms with Crippen molar-refractivity contribution in [3.63, 3.8) is 0 Å². The van der Waals surface area contributed by atoms with Crippen LogP contribution in [0.3, 0.4) is 0 Å². The Labute approximate surface area is 120 Å². The van der Waals surface area contributed by atoms with Crippen LogP contribution in [0.2, 0.25) is 0 Å². The third kappa shape index (κ3) is 2.80. The second-order valence-electron chi connectivity index (χ2n) is 5.83. The van der Waals surface area contributed by atoms with Gasteiger partial charge in [-0.1, -0.05) is 18.2 Å². The summed E-state index contributed by atoms with van der Waals surface area (Å²) in [5.41, 5.74) is 8.59. The zero-order valence-corrected chi connectivity index (χ0v) is 11.9. The summed E-state index contributed by atoms with van der Waals surface area (Å²) < 4.78 is 0. The van der Waals surface area contributed by atoms with E-state index < -0.39 is 0 Å². The first kappa shape index (κ1) is 13.4. The Morgan fingerprint density at radius 2 is 1.95 bits per heavy atom. The summed E-state index contributed by atoms with van der Waals surface area (Å²) in [5, 5.41) is 0.